The summed E-state index contributed by atoms with van der Waals surface area (Å²) < 4.78 is 33.3. The molecule has 168 valence electrons. The van der Waals surface area contributed by atoms with Gasteiger partial charge in [0.15, 0.2) is 0 Å². The standard InChI is InChI=1S/C24H25ClN2O4S/c1-18-7-13-21(14-8-18)32(29,30)27(22-5-3-4-6-23(22)31-2)17-24(28)26-16-15-19-9-11-20(25)12-10-19/h3-14H,15-17H2,1-2H3,(H,26,28). The average Bonchev–Trinajstić information content (AvgIpc) is 2.79. The highest BCUT2D eigenvalue weighted by Gasteiger charge is 2.29. The van der Waals surface area contributed by atoms with Crippen LogP contribution in [0.25, 0.3) is 0 Å². The number of hydrogen-bond acceptors (Lipinski definition) is 4. The first kappa shape index (κ1) is 23.6. The normalized spacial score (nSPS) is 11.1. The molecule has 0 aliphatic carbocycles. The Balaban J connectivity index is 1.81. The van der Waals surface area contributed by atoms with E-state index in [-0.39, 0.29) is 11.4 Å². The smallest absolute Gasteiger partial charge is 0.264 e. The van der Waals surface area contributed by atoms with Crippen LogP contribution in [0.3, 0.4) is 0 Å². The quantitative estimate of drug-likeness (QED) is 0.506. The maximum absolute atomic E-state index is 13.5. The summed E-state index contributed by atoms with van der Waals surface area (Å²) in [7, 11) is -2.54. The lowest BCUT2D eigenvalue weighted by Crippen LogP contribution is -2.41. The fraction of sp³-hybridized carbons (Fsp3) is 0.208. The molecular weight excluding hydrogens is 448 g/mol. The number of hydrogen-bond donors (Lipinski definition) is 1. The van der Waals surface area contributed by atoms with Crippen LogP contribution in [0.15, 0.2) is 77.7 Å². The van der Waals surface area contributed by atoms with Crippen molar-refractivity contribution >= 4 is 33.2 Å². The van der Waals surface area contributed by atoms with E-state index in [1.54, 1.807) is 48.5 Å². The maximum Gasteiger partial charge on any atom is 0.264 e. The Hall–Kier alpha value is -3.03. The molecule has 0 saturated heterocycles. The predicted octanol–water partition coefficient (Wildman–Crippen LogP) is 4.21. The molecule has 0 saturated carbocycles. The molecule has 1 N–H and O–H groups in total. The number of methoxy groups -OCH3 is 1. The molecule has 8 heteroatoms. The lowest BCUT2D eigenvalue weighted by Gasteiger charge is -2.25. The van der Waals surface area contributed by atoms with Crippen LogP contribution in [0.4, 0.5) is 5.69 Å². The third kappa shape index (κ3) is 5.81. The van der Waals surface area contributed by atoms with Gasteiger partial charge in [0, 0.05) is 11.6 Å². The molecule has 1 amide bonds. The van der Waals surface area contributed by atoms with Gasteiger partial charge in [0.1, 0.15) is 12.3 Å². The van der Waals surface area contributed by atoms with Gasteiger partial charge in [-0.05, 0) is 55.3 Å². The molecule has 32 heavy (non-hydrogen) atoms. The van der Waals surface area contributed by atoms with E-state index in [0.29, 0.717) is 29.4 Å². The largest absolute Gasteiger partial charge is 0.495 e. The Labute approximate surface area is 193 Å². The molecule has 0 heterocycles. The van der Waals surface area contributed by atoms with Crippen molar-refractivity contribution in [2.45, 2.75) is 18.2 Å². The first-order valence-electron chi connectivity index (χ1n) is 10.0. The van der Waals surface area contributed by atoms with Crippen LogP contribution >= 0.6 is 11.6 Å². The van der Waals surface area contributed by atoms with Crippen LogP contribution in [0.2, 0.25) is 5.02 Å². The summed E-state index contributed by atoms with van der Waals surface area (Å²) in [4.78, 5) is 12.8. The van der Waals surface area contributed by atoms with E-state index >= 15 is 0 Å². The number of carbonyl (C=O) groups excluding carboxylic acids is 1. The van der Waals surface area contributed by atoms with Gasteiger partial charge in [-0.2, -0.15) is 0 Å². The summed E-state index contributed by atoms with van der Waals surface area (Å²) in [5.41, 5.74) is 2.25. The SMILES string of the molecule is COc1ccccc1N(CC(=O)NCCc1ccc(Cl)cc1)S(=O)(=O)c1ccc(C)cc1. The average molecular weight is 473 g/mol. The van der Waals surface area contributed by atoms with Gasteiger partial charge in [0.25, 0.3) is 10.0 Å². The highest BCUT2D eigenvalue weighted by atomic mass is 35.5. The molecule has 0 aliphatic rings. The number of rotatable bonds is 9. The van der Waals surface area contributed by atoms with Gasteiger partial charge in [-0.15, -0.1) is 0 Å². The van der Waals surface area contributed by atoms with Crippen LogP contribution in [-0.4, -0.2) is 34.5 Å². The second-order valence-corrected chi connectivity index (χ2v) is 9.52. The second-order valence-electron chi connectivity index (χ2n) is 7.22. The number of amides is 1. The predicted molar refractivity (Wildman–Crippen MR) is 127 cm³/mol. The molecule has 3 rings (SSSR count). The van der Waals surface area contributed by atoms with Crippen LogP contribution in [0, 0.1) is 6.92 Å². The fourth-order valence-corrected chi connectivity index (χ4v) is 4.71. The number of ether oxygens (including phenoxy) is 1. The van der Waals surface area contributed by atoms with E-state index in [1.807, 2.05) is 19.1 Å². The first-order chi connectivity index (χ1) is 15.3. The van der Waals surface area contributed by atoms with Gasteiger partial charge >= 0.3 is 0 Å². The number of nitrogens with zero attached hydrogens (tertiary/aromatic N) is 1. The van der Waals surface area contributed by atoms with Crippen molar-refractivity contribution in [1.82, 2.24) is 5.32 Å². The summed E-state index contributed by atoms with van der Waals surface area (Å²) in [6, 6.07) is 20.6. The van der Waals surface area contributed by atoms with Gasteiger partial charge in [0.2, 0.25) is 5.91 Å². The van der Waals surface area contributed by atoms with Crippen LogP contribution in [0.5, 0.6) is 5.75 Å². The monoisotopic (exact) mass is 472 g/mol. The zero-order valence-corrected chi connectivity index (χ0v) is 19.5. The van der Waals surface area contributed by atoms with E-state index in [9.17, 15) is 13.2 Å². The molecule has 0 atom stereocenters. The van der Waals surface area contributed by atoms with Crippen LogP contribution in [-0.2, 0) is 21.2 Å². The first-order valence-corrected chi connectivity index (χ1v) is 11.9. The van der Waals surface area contributed by atoms with Crippen molar-refractivity contribution in [3.05, 3.63) is 88.9 Å². The number of halogens is 1. The minimum atomic E-state index is -4.00. The van der Waals surface area contributed by atoms with E-state index in [4.69, 9.17) is 16.3 Å². The molecule has 0 aromatic heterocycles. The van der Waals surface area contributed by atoms with Crippen molar-refractivity contribution < 1.29 is 17.9 Å². The number of nitrogens with one attached hydrogen (secondary N) is 1. The van der Waals surface area contributed by atoms with Crippen molar-refractivity contribution in [1.29, 1.82) is 0 Å². The van der Waals surface area contributed by atoms with Crippen molar-refractivity contribution in [3.63, 3.8) is 0 Å². The van der Waals surface area contributed by atoms with Crippen molar-refractivity contribution in [2.24, 2.45) is 0 Å². The minimum absolute atomic E-state index is 0.1000. The maximum atomic E-state index is 13.5. The van der Waals surface area contributed by atoms with Crippen molar-refractivity contribution in [3.8, 4) is 5.75 Å². The van der Waals surface area contributed by atoms with Crippen LogP contribution < -0.4 is 14.4 Å². The Morgan fingerprint density at radius 2 is 1.66 bits per heavy atom. The third-order valence-electron chi connectivity index (χ3n) is 4.90. The van der Waals surface area contributed by atoms with Crippen LogP contribution in [0.1, 0.15) is 11.1 Å². The molecule has 0 unspecified atom stereocenters. The van der Waals surface area contributed by atoms with E-state index in [0.717, 1.165) is 15.4 Å². The van der Waals surface area contributed by atoms with Gasteiger partial charge in [-0.1, -0.05) is 53.6 Å². The summed E-state index contributed by atoms with van der Waals surface area (Å²) in [6.45, 7) is 1.87. The molecule has 0 spiro atoms. The summed E-state index contributed by atoms with van der Waals surface area (Å²) in [6.07, 6.45) is 0.599. The number of aryl methyl sites for hydroxylation is 1. The number of sulfonamides is 1. The minimum Gasteiger partial charge on any atom is -0.495 e. The number of carbonyl (C=O) groups is 1. The second kappa shape index (κ2) is 10.5. The highest BCUT2D eigenvalue weighted by Crippen LogP contribution is 2.32. The van der Waals surface area contributed by atoms with E-state index in [1.165, 1.54) is 19.2 Å². The summed E-state index contributed by atoms with van der Waals surface area (Å²) in [5.74, 6) is -0.0577. The van der Waals surface area contributed by atoms with E-state index < -0.39 is 15.9 Å². The lowest BCUT2D eigenvalue weighted by molar-refractivity contribution is -0.119. The molecule has 6 nitrogen and oxygen atoms in total. The lowest BCUT2D eigenvalue weighted by atomic mass is 10.1. The molecule has 0 bridgehead atoms. The molecule has 3 aromatic carbocycles. The number of para-hydroxylation sites is 2. The Kier molecular flexibility index (Phi) is 7.77. The van der Waals surface area contributed by atoms with Gasteiger partial charge in [-0.25, -0.2) is 8.42 Å². The number of benzene rings is 3. The Morgan fingerprint density at radius 3 is 2.31 bits per heavy atom. The van der Waals surface area contributed by atoms with Gasteiger partial charge in [0.05, 0.1) is 17.7 Å². The topological polar surface area (TPSA) is 75.7 Å². The Bertz CT molecular complexity index is 1160. The molecule has 0 aliphatic heterocycles. The third-order valence-corrected chi connectivity index (χ3v) is 6.93. The summed E-state index contributed by atoms with van der Waals surface area (Å²) in [5, 5.41) is 3.44. The zero-order valence-electron chi connectivity index (χ0n) is 17.9. The fourth-order valence-electron chi connectivity index (χ4n) is 3.16. The molecular formula is C24H25ClN2O4S. The van der Waals surface area contributed by atoms with Crippen molar-refractivity contribution in [2.75, 3.05) is 24.5 Å². The highest BCUT2D eigenvalue weighted by molar-refractivity contribution is 7.92. The summed E-state index contributed by atoms with van der Waals surface area (Å²) >= 11 is 5.90. The number of anilines is 1. The van der Waals surface area contributed by atoms with Gasteiger partial charge in [-0.3, -0.25) is 9.10 Å². The molecule has 0 fully saturated rings. The van der Waals surface area contributed by atoms with E-state index in [2.05, 4.69) is 5.32 Å². The molecule has 0 radical (unpaired) electrons. The molecule has 3 aromatic rings. The zero-order chi connectivity index (χ0) is 23.1. The van der Waals surface area contributed by atoms with Gasteiger partial charge < -0.3 is 10.1 Å². The Morgan fingerprint density at radius 1 is 1.00 bits per heavy atom.